The van der Waals surface area contributed by atoms with E-state index in [0.717, 1.165) is 16.9 Å². The van der Waals surface area contributed by atoms with Crippen molar-refractivity contribution in [2.24, 2.45) is 7.05 Å². The van der Waals surface area contributed by atoms with Crippen molar-refractivity contribution in [3.05, 3.63) is 59.9 Å². The van der Waals surface area contributed by atoms with Gasteiger partial charge in [-0.1, -0.05) is 12.1 Å². The third-order valence-corrected chi connectivity index (χ3v) is 4.51. The average molecular weight is 466 g/mol. The number of hydrogen-bond acceptors (Lipinski definition) is 3. The second-order valence-electron chi connectivity index (χ2n) is 6.25. The molecular weight excluding hydrogens is 443 g/mol. The number of Topliss-reactive ketones (excluding diaryl/α,β-unsaturated/α-hetero) is 1. The monoisotopic (exact) mass is 466 g/mol. The minimum absolute atomic E-state index is 0. The Labute approximate surface area is 170 Å². The lowest BCUT2D eigenvalue weighted by atomic mass is 10.1. The summed E-state index contributed by atoms with van der Waals surface area (Å²) in [5.41, 5.74) is 2.87. The summed E-state index contributed by atoms with van der Waals surface area (Å²) >= 11 is 0. The average Bonchev–Trinajstić information content (AvgIpc) is 2.85. The fraction of sp³-hybridized carbons (Fsp3) is 0.300. The third kappa shape index (κ3) is 4.24. The number of nitrogens with zero attached hydrogens (tertiary/aromatic N) is 2. The molecule has 0 saturated carbocycles. The highest BCUT2D eigenvalue weighted by atomic mass is 127. The lowest BCUT2D eigenvalue weighted by molar-refractivity contribution is -0.652. The van der Waals surface area contributed by atoms with Gasteiger partial charge in [0.25, 0.3) is 5.82 Å². The molecule has 1 aromatic heterocycles. The van der Waals surface area contributed by atoms with Gasteiger partial charge in [0.1, 0.15) is 25.0 Å². The molecule has 1 N–H and O–H groups in total. The van der Waals surface area contributed by atoms with Crippen LogP contribution in [0.25, 0.3) is 11.0 Å². The van der Waals surface area contributed by atoms with E-state index in [-0.39, 0.29) is 36.4 Å². The van der Waals surface area contributed by atoms with Crippen LogP contribution in [0.1, 0.15) is 23.1 Å². The molecular formula is C20H23IN2O3. The summed E-state index contributed by atoms with van der Waals surface area (Å²) in [5.74, 6) is 1.74. The molecule has 0 amide bonds. The maximum Gasteiger partial charge on any atom is 0.254 e. The topological polar surface area (TPSA) is 55.3 Å². The summed E-state index contributed by atoms with van der Waals surface area (Å²) in [4.78, 5) is 11.3. The normalized spacial score (nSPS) is 11.8. The largest absolute Gasteiger partial charge is 1.00 e. The molecule has 3 rings (SSSR count). The molecule has 0 radical (unpaired) electrons. The zero-order valence-electron chi connectivity index (χ0n) is 15.1. The van der Waals surface area contributed by atoms with Crippen LogP contribution in [0, 0.1) is 6.92 Å². The predicted octanol–water partition coefficient (Wildman–Crippen LogP) is -0.579. The molecule has 0 bridgehead atoms. The van der Waals surface area contributed by atoms with E-state index in [2.05, 4.69) is 21.3 Å². The van der Waals surface area contributed by atoms with Crippen LogP contribution in [0.15, 0.2) is 48.5 Å². The number of benzene rings is 2. The van der Waals surface area contributed by atoms with Gasteiger partial charge in [0.05, 0.1) is 7.05 Å². The highest BCUT2D eigenvalue weighted by molar-refractivity contribution is 5.94. The van der Waals surface area contributed by atoms with E-state index >= 15 is 0 Å². The first-order chi connectivity index (χ1) is 12.0. The summed E-state index contributed by atoms with van der Waals surface area (Å²) in [6, 6.07) is 15.1. The number of ether oxygens (including phenoxy) is 1. The molecule has 0 aliphatic carbocycles. The number of halogens is 1. The van der Waals surface area contributed by atoms with E-state index in [9.17, 15) is 9.90 Å². The van der Waals surface area contributed by atoms with Crippen LogP contribution in [-0.2, 0) is 13.6 Å². The maximum atomic E-state index is 11.3. The molecule has 26 heavy (non-hydrogen) atoms. The van der Waals surface area contributed by atoms with Gasteiger partial charge < -0.3 is 33.8 Å². The molecule has 0 aliphatic heterocycles. The summed E-state index contributed by atoms with van der Waals surface area (Å²) in [7, 11) is 2.02. The first kappa shape index (κ1) is 20.4. The SMILES string of the molecule is CC(=O)c1ccc(OCC(O)Cn2c(C)[n+](C)c3ccccc32)cc1.[I-]. The Morgan fingerprint density at radius 2 is 1.85 bits per heavy atom. The van der Waals surface area contributed by atoms with E-state index in [1.807, 2.05) is 26.1 Å². The Balaban J connectivity index is 0.00000243. The Morgan fingerprint density at radius 1 is 1.19 bits per heavy atom. The maximum absolute atomic E-state index is 11.3. The summed E-state index contributed by atoms with van der Waals surface area (Å²) in [6.45, 7) is 4.21. The zero-order chi connectivity index (χ0) is 18.0. The Hall–Kier alpha value is -1.93. The molecule has 0 spiro atoms. The standard InChI is InChI=1S/C20H23N2O3.HI/c1-14(23)16-8-10-18(11-9-16)25-13-17(24)12-22-15(2)21(3)19-6-4-5-7-20(19)22;/h4-11,17,24H,12-13H2,1-3H3;1H/q+1;/p-1. The van der Waals surface area contributed by atoms with Crippen molar-refractivity contribution < 1.29 is 43.2 Å². The first-order valence-corrected chi connectivity index (χ1v) is 8.33. The van der Waals surface area contributed by atoms with E-state index in [1.54, 1.807) is 24.3 Å². The van der Waals surface area contributed by atoms with Gasteiger partial charge in [0.15, 0.2) is 16.8 Å². The van der Waals surface area contributed by atoms with E-state index in [1.165, 1.54) is 6.92 Å². The Kier molecular flexibility index (Phi) is 6.77. The number of carbonyl (C=O) groups is 1. The smallest absolute Gasteiger partial charge is 0.254 e. The molecule has 3 aromatic rings. The Bertz CT molecular complexity index is 903. The van der Waals surface area contributed by atoms with Gasteiger partial charge in [0.2, 0.25) is 0 Å². The lowest BCUT2D eigenvalue weighted by Crippen LogP contribution is -3.00. The van der Waals surface area contributed by atoms with Crippen molar-refractivity contribution in [1.29, 1.82) is 0 Å². The van der Waals surface area contributed by atoms with Gasteiger partial charge in [-0.05, 0) is 43.3 Å². The lowest BCUT2D eigenvalue weighted by Gasteiger charge is -2.12. The van der Waals surface area contributed by atoms with Gasteiger partial charge in [-0.15, -0.1) is 0 Å². The van der Waals surface area contributed by atoms with Crippen LogP contribution in [0.2, 0.25) is 0 Å². The molecule has 2 aromatic carbocycles. The zero-order valence-corrected chi connectivity index (χ0v) is 17.3. The number of aliphatic hydroxyl groups excluding tert-OH is 1. The number of fused-ring (bicyclic) bond motifs is 1. The van der Waals surface area contributed by atoms with E-state index in [0.29, 0.717) is 17.9 Å². The quantitative estimate of drug-likeness (QED) is 0.301. The van der Waals surface area contributed by atoms with Crippen molar-refractivity contribution in [2.45, 2.75) is 26.5 Å². The van der Waals surface area contributed by atoms with Crippen molar-refractivity contribution in [1.82, 2.24) is 4.57 Å². The van der Waals surface area contributed by atoms with Gasteiger partial charge in [-0.25, -0.2) is 9.13 Å². The molecule has 0 aliphatic rings. The number of aromatic nitrogens is 2. The fourth-order valence-electron chi connectivity index (χ4n) is 2.98. The summed E-state index contributed by atoms with van der Waals surface area (Å²) < 4.78 is 9.87. The number of rotatable bonds is 6. The molecule has 0 saturated heterocycles. The van der Waals surface area contributed by atoms with Gasteiger partial charge in [0, 0.05) is 12.5 Å². The second-order valence-corrected chi connectivity index (χ2v) is 6.25. The number of aliphatic hydroxyl groups is 1. The highest BCUT2D eigenvalue weighted by Crippen LogP contribution is 2.16. The molecule has 1 heterocycles. The number of carbonyl (C=O) groups excluding carboxylic acids is 1. The molecule has 5 nitrogen and oxygen atoms in total. The number of hydrogen-bond donors (Lipinski definition) is 1. The molecule has 0 fully saturated rings. The van der Waals surface area contributed by atoms with Crippen LogP contribution in [0.4, 0.5) is 0 Å². The first-order valence-electron chi connectivity index (χ1n) is 8.33. The van der Waals surface area contributed by atoms with E-state index < -0.39 is 6.10 Å². The minimum Gasteiger partial charge on any atom is -1.00 e. The second kappa shape index (κ2) is 8.64. The van der Waals surface area contributed by atoms with Crippen LogP contribution in [0.5, 0.6) is 5.75 Å². The van der Waals surface area contributed by atoms with Crippen molar-refractivity contribution in [3.63, 3.8) is 0 Å². The molecule has 6 heteroatoms. The number of ketones is 1. The van der Waals surface area contributed by atoms with Crippen LogP contribution < -0.4 is 33.3 Å². The summed E-state index contributed by atoms with van der Waals surface area (Å²) in [6.07, 6.45) is -0.637. The molecule has 138 valence electrons. The van der Waals surface area contributed by atoms with Gasteiger partial charge >= 0.3 is 0 Å². The molecule has 1 unspecified atom stereocenters. The van der Waals surface area contributed by atoms with Crippen LogP contribution in [-0.4, -0.2) is 28.2 Å². The molecule has 1 atom stereocenters. The van der Waals surface area contributed by atoms with Crippen LogP contribution >= 0.6 is 0 Å². The van der Waals surface area contributed by atoms with E-state index in [4.69, 9.17) is 4.74 Å². The van der Waals surface area contributed by atoms with Crippen molar-refractivity contribution in [3.8, 4) is 5.75 Å². The van der Waals surface area contributed by atoms with Crippen molar-refractivity contribution in [2.75, 3.05) is 6.61 Å². The fourth-order valence-corrected chi connectivity index (χ4v) is 2.98. The predicted molar refractivity (Wildman–Crippen MR) is 95.8 cm³/mol. The van der Waals surface area contributed by atoms with Crippen molar-refractivity contribution >= 4 is 16.8 Å². The number of imidazole rings is 1. The highest BCUT2D eigenvalue weighted by Gasteiger charge is 2.21. The Morgan fingerprint density at radius 3 is 2.50 bits per heavy atom. The number of aryl methyl sites for hydroxylation is 1. The van der Waals surface area contributed by atoms with Gasteiger partial charge in [-0.2, -0.15) is 0 Å². The van der Waals surface area contributed by atoms with Gasteiger partial charge in [-0.3, -0.25) is 4.79 Å². The minimum atomic E-state index is -0.637. The third-order valence-electron chi connectivity index (χ3n) is 4.51. The summed E-state index contributed by atoms with van der Waals surface area (Å²) in [5, 5.41) is 10.4. The van der Waals surface area contributed by atoms with Crippen LogP contribution in [0.3, 0.4) is 0 Å². The number of para-hydroxylation sites is 2.